The summed E-state index contributed by atoms with van der Waals surface area (Å²) in [5.41, 5.74) is 4.53. The topological polar surface area (TPSA) is 68.3 Å². The fourth-order valence-electron chi connectivity index (χ4n) is 3.52. The van der Waals surface area contributed by atoms with E-state index in [9.17, 15) is 9.59 Å². The maximum Gasteiger partial charge on any atom is 0.337 e. The van der Waals surface area contributed by atoms with Crippen LogP contribution in [0.3, 0.4) is 0 Å². The molecule has 5 nitrogen and oxygen atoms in total. The Morgan fingerprint density at radius 1 is 0.968 bits per heavy atom. The van der Waals surface area contributed by atoms with Gasteiger partial charge in [-0.1, -0.05) is 41.9 Å². The van der Waals surface area contributed by atoms with Crippen molar-refractivity contribution < 1.29 is 14.3 Å². The third-order valence-electron chi connectivity index (χ3n) is 5.02. The Hall–Kier alpha value is -3.70. The predicted octanol–water partition coefficient (Wildman–Crippen LogP) is 5.90. The molecule has 4 aromatic rings. The number of ether oxygens (including phenoxy) is 1. The van der Waals surface area contributed by atoms with Crippen LogP contribution in [0.4, 0.5) is 5.69 Å². The number of halogens is 1. The Bertz CT molecular complexity index is 1300. The first-order valence-corrected chi connectivity index (χ1v) is 10.0. The van der Waals surface area contributed by atoms with Crippen LogP contribution in [0.15, 0.2) is 72.8 Å². The average molecular weight is 431 g/mol. The first-order chi connectivity index (χ1) is 15.0. The van der Waals surface area contributed by atoms with Gasteiger partial charge in [-0.05, 0) is 55.0 Å². The van der Waals surface area contributed by atoms with Crippen molar-refractivity contribution in [3.8, 4) is 11.3 Å². The molecule has 0 saturated heterocycles. The van der Waals surface area contributed by atoms with Gasteiger partial charge in [0.25, 0.3) is 5.91 Å². The Morgan fingerprint density at radius 3 is 2.42 bits per heavy atom. The molecule has 0 unspecified atom stereocenters. The zero-order valence-electron chi connectivity index (χ0n) is 17.0. The molecule has 1 amide bonds. The lowest BCUT2D eigenvalue weighted by Gasteiger charge is -2.15. The monoisotopic (exact) mass is 430 g/mol. The van der Waals surface area contributed by atoms with Crippen molar-refractivity contribution >= 4 is 40.1 Å². The number of benzene rings is 3. The minimum atomic E-state index is -0.431. The molecule has 0 aliphatic rings. The first kappa shape index (κ1) is 20.6. The molecular formula is C25H19ClN2O3. The van der Waals surface area contributed by atoms with E-state index in [1.54, 1.807) is 30.3 Å². The van der Waals surface area contributed by atoms with Gasteiger partial charge in [0.2, 0.25) is 0 Å². The lowest BCUT2D eigenvalue weighted by atomic mass is 9.97. The number of para-hydroxylation sites is 1. The molecule has 3 aromatic carbocycles. The fourth-order valence-corrected chi connectivity index (χ4v) is 3.71. The molecule has 0 aliphatic carbocycles. The largest absolute Gasteiger partial charge is 0.465 e. The normalized spacial score (nSPS) is 10.7. The zero-order chi connectivity index (χ0) is 22.0. The number of nitrogens with zero attached hydrogens (tertiary/aromatic N) is 1. The van der Waals surface area contributed by atoms with Gasteiger partial charge in [0.05, 0.1) is 29.4 Å². The van der Waals surface area contributed by atoms with Crippen LogP contribution in [0.1, 0.15) is 26.3 Å². The summed E-state index contributed by atoms with van der Waals surface area (Å²) < 4.78 is 4.71. The zero-order valence-corrected chi connectivity index (χ0v) is 17.7. The number of fused-ring (bicyclic) bond motifs is 1. The van der Waals surface area contributed by atoms with Crippen LogP contribution in [-0.4, -0.2) is 24.0 Å². The number of pyridine rings is 1. The summed E-state index contributed by atoms with van der Waals surface area (Å²) >= 11 is 6.18. The van der Waals surface area contributed by atoms with Crippen molar-refractivity contribution in [3.63, 3.8) is 0 Å². The van der Waals surface area contributed by atoms with E-state index in [2.05, 4.69) is 5.32 Å². The molecule has 0 saturated carbocycles. The number of aromatic nitrogens is 1. The second-order valence-corrected chi connectivity index (χ2v) is 7.45. The number of esters is 1. The van der Waals surface area contributed by atoms with E-state index in [1.807, 2.05) is 49.4 Å². The van der Waals surface area contributed by atoms with Crippen molar-refractivity contribution in [2.75, 3.05) is 12.4 Å². The predicted molar refractivity (Wildman–Crippen MR) is 123 cm³/mol. The maximum absolute atomic E-state index is 13.3. The Kier molecular flexibility index (Phi) is 5.69. The van der Waals surface area contributed by atoms with Crippen LogP contribution < -0.4 is 5.32 Å². The number of hydrogen-bond acceptors (Lipinski definition) is 4. The van der Waals surface area contributed by atoms with Crippen molar-refractivity contribution in [2.24, 2.45) is 0 Å². The minimum absolute atomic E-state index is 0.259. The molecule has 0 bridgehead atoms. The molecule has 0 atom stereocenters. The van der Waals surface area contributed by atoms with Gasteiger partial charge < -0.3 is 10.1 Å². The number of anilines is 1. The first-order valence-electron chi connectivity index (χ1n) is 9.63. The van der Waals surface area contributed by atoms with Crippen LogP contribution in [0.5, 0.6) is 0 Å². The molecule has 4 rings (SSSR count). The summed E-state index contributed by atoms with van der Waals surface area (Å²) in [5, 5.41) is 4.28. The van der Waals surface area contributed by atoms with Gasteiger partial charge in [0, 0.05) is 21.7 Å². The molecule has 1 N–H and O–H groups in total. The van der Waals surface area contributed by atoms with E-state index in [0.717, 1.165) is 16.5 Å². The van der Waals surface area contributed by atoms with Crippen LogP contribution in [0, 0.1) is 6.92 Å². The van der Waals surface area contributed by atoms with Gasteiger partial charge in [-0.3, -0.25) is 4.79 Å². The maximum atomic E-state index is 13.3. The summed E-state index contributed by atoms with van der Waals surface area (Å²) in [6, 6.07) is 21.5. The van der Waals surface area contributed by atoms with Crippen LogP contribution in [0.25, 0.3) is 22.2 Å². The number of amides is 1. The summed E-state index contributed by atoms with van der Waals surface area (Å²) in [6.07, 6.45) is 0. The summed E-state index contributed by atoms with van der Waals surface area (Å²) in [6.45, 7) is 1.88. The van der Waals surface area contributed by atoms with E-state index >= 15 is 0 Å². The second kappa shape index (κ2) is 8.58. The van der Waals surface area contributed by atoms with Gasteiger partial charge in [-0.2, -0.15) is 0 Å². The number of carbonyl (C=O) groups excluding carboxylic acids is 2. The number of rotatable bonds is 4. The molecule has 0 spiro atoms. The molecule has 0 radical (unpaired) electrons. The average Bonchev–Trinajstić information content (AvgIpc) is 2.78. The van der Waals surface area contributed by atoms with Crippen molar-refractivity contribution in [1.29, 1.82) is 0 Å². The molecule has 0 fully saturated rings. The molecule has 31 heavy (non-hydrogen) atoms. The number of carbonyl (C=O) groups is 2. The van der Waals surface area contributed by atoms with E-state index in [1.165, 1.54) is 7.11 Å². The number of hydrogen-bond donors (Lipinski definition) is 1. The fraction of sp³-hybridized carbons (Fsp3) is 0.0800. The van der Waals surface area contributed by atoms with Crippen LogP contribution in [0.2, 0.25) is 5.02 Å². The molecule has 154 valence electrons. The van der Waals surface area contributed by atoms with Crippen LogP contribution >= 0.6 is 11.6 Å². The lowest BCUT2D eigenvalue weighted by molar-refractivity contribution is 0.0600. The molecule has 0 aliphatic heterocycles. The highest BCUT2D eigenvalue weighted by Gasteiger charge is 2.19. The second-order valence-electron chi connectivity index (χ2n) is 7.01. The highest BCUT2D eigenvalue weighted by Crippen LogP contribution is 2.31. The van der Waals surface area contributed by atoms with Gasteiger partial charge in [0.1, 0.15) is 0 Å². The van der Waals surface area contributed by atoms with Crippen molar-refractivity contribution in [3.05, 3.63) is 94.5 Å². The minimum Gasteiger partial charge on any atom is -0.465 e. The number of methoxy groups -OCH3 is 1. The quantitative estimate of drug-likeness (QED) is 0.409. The van der Waals surface area contributed by atoms with Crippen molar-refractivity contribution in [1.82, 2.24) is 4.98 Å². The third-order valence-corrected chi connectivity index (χ3v) is 5.26. The van der Waals surface area contributed by atoms with Crippen molar-refractivity contribution in [2.45, 2.75) is 6.92 Å². The standard InChI is InChI=1S/C25H19ClN2O3/c1-15-22(24(29)27-19-12-10-16(11-13-19)25(30)31-2)20-8-3-4-9-21(20)28-23(15)17-6-5-7-18(26)14-17/h3-14H,1-2H3,(H,27,29). The van der Waals surface area contributed by atoms with Crippen LogP contribution in [-0.2, 0) is 4.74 Å². The van der Waals surface area contributed by atoms with E-state index in [-0.39, 0.29) is 5.91 Å². The summed E-state index contributed by atoms with van der Waals surface area (Å²) in [5.74, 6) is -0.690. The SMILES string of the molecule is COC(=O)c1ccc(NC(=O)c2c(C)c(-c3cccc(Cl)c3)nc3ccccc23)cc1. The van der Waals surface area contributed by atoms with Gasteiger partial charge in [-0.15, -0.1) is 0 Å². The molecular weight excluding hydrogens is 412 g/mol. The highest BCUT2D eigenvalue weighted by atomic mass is 35.5. The molecule has 6 heteroatoms. The van der Waals surface area contributed by atoms with Gasteiger partial charge >= 0.3 is 5.97 Å². The Labute approximate surface area is 184 Å². The van der Waals surface area contributed by atoms with Gasteiger partial charge in [-0.25, -0.2) is 9.78 Å². The van der Waals surface area contributed by atoms with E-state index in [0.29, 0.717) is 33.0 Å². The van der Waals surface area contributed by atoms with E-state index < -0.39 is 5.97 Å². The number of nitrogens with one attached hydrogen (secondary N) is 1. The smallest absolute Gasteiger partial charge is 0.337 e. The summed E-state index contributed by atoms with van der Waals surface area (Å²) in [4.78, 5) is 29.7. The Morgan fingerprint density at radius 2 is 1.71 bits per heavy atom. The molecule has 1 aromatic heterocycles. The third kappa shape index (κ3) is 4.13. The lowest BCUT2D eigenvalue weighted by Crippen LogP contribution is -2.15. The highest BCUT2D eigenvalue weighted by molar-refractivity contribution is 6.30. The summed E-state index contributed by atoms with van der Waals surface area (Å²) in [7, 11) is 1.33. The van der Waals surface area contributed by atoms with Gasteiger partial charge in [0.15, 0.2) is 0 Å². The Balaban J connectivity index is 1.78. The molecule has 1 heterocycles. The van der Waals surface area contributed by atoms with E-state index in [4.69, 9.17) is 21.3 Å².